The first-order chi connectivity index (χ1) is 17.2. The van der Waals surface area contributed by atoms with Gasteiger partial charge in [0.1, 0.15) is 23.9 Å². The van der Waals surface area contributed by atoms with Gasteiger partial charge in [0.2, 0.25) is 0 Å². The summed E-state index contributed by atoms with van der Waals surface area (Å²) in [6, 6.07) is 24.1. The van der Waals surface area contributed by atoms with E-state index in [9.17, 15) is 5.11 Å². The van der Waals surface area contributed by atoms with Gasteiger partial charge in [0.05, 0.1) is 7.11 Å². The fourth-order valence-electron chi connectivity index (χ4n) is 4.83. The molecule has 1 saturated heterocycles. The highest BCUT2D eigenvalue weighted by atomic mass is 16.5. The molecule has 0 atom stereocenters. The third-order valence-corrected chi connectivity index (χ3v) is 6.77. The molecule has 4 rings (SSSR count). The molecule has 3 aromatic rings. The quantitative estimate of drug-likeness (QED) is 0.340. The summed E-state index contributed by atoms with van der Waals surface area (Å²) in [6.45, 7) is 6.26. The second-order valence-corrected chi connectivity index (χ2v) is 9.11. The van der Waals surface area contributed by atoms with E-state index in [0.29, 0.717) is 6.61 Å². The number of ether oxygens (including phenoxy) is 2. The van der Waals surface area contributed by atoms with E-state index in [1.54, 1.807) is 19.2 Å². The molecule has 1 aliphatic heterocycles. The molecule has 0 saturated carbocycles. The van der Waals surface area contributed by atoms with Crippen molar-refractivity contribution in [2.75, 3.05) is 33.4 Å². The summed E-state index contributed by atoms with van der Waals surface area (Å²) in [7, 11) is 1.69. The average molecular weight is 472 g/mol. The fraction of sp³-hybridized carbons (Fsp3) is 0.355. The molecule has 1 N–H and O–H groups in total. The Bertz CT molecular complexity index is 1080. The summed E-state index contributed by atoms with van der Waals surface area (Å²) >= 11 is 0. The molecule has 4 nitrogen and oxygen atoms in total. The Hall–Kier alpha value is -3.24. The first kappa shape index (κ1) is 24.9. The van der Waals surface area contributed by atoms with Crippen LogP contribution < -0.4 is 9.47 Å². The van der Waals surface area contributed by atoms with Gasteiger partial charge in [-0.3, -0.25) is 4.90 Å². The molecular formula is C31H37NO3. The summed E-state index contributed by atoms with van der Waals surface area (Å²) in [6.07, 6.45) is 6.18. The van der Waals surface area contributed by atoms with Crippen LogP contribution in [0.4, 0.5) is 0 Å². The third-order valence-electron chi connectivity index (χ3n) is 6.77. The van der Waals surface area contributed by atoms with Crippen molar-refractivity contribution >= 4 is 11.1 Å². The molecule has 1 heterocycles. The zero-order valence-electron chi connectivity index (χ0n) is 21.0. The molecule has 0 amide bonds. The van der Waals surface area contributed by atoms with Crippen LogP contribution in [0.3, 0.4) is 0 Å². The van der Waals surface area contributed by atoms with Crippen molar-refractivity contribution in [2.24, 2.45) is 0 Å². The topological polar surface area (TPSA) is 41.9 Å². The van der Waals surface area contributed by atoms with Crippen LogP contribution in [0.5, 0.6) is 17.2 Å². The number of nitrogens with zero attached hydrogens (tertiary/aromatic N) is 1. The Labute approximate surface area is 209 Å². The van der Waals surface area contributed by atoms with Crippen molar-refractivity contribution in [1.29, 1.82) is 0 Å². The van der Waals surface area contributed by atoms with Crippen LogP contribution in [0.15, 0.2) is 72.8 Å². The van der Waals surface area contributed by atoms with Gasteiger partial charge in [-0.15, -0.1) is 0 Å². The molecule has 0 spiro atoms. The van der Waals surface area contributed by atoms with Gasteiger partial charge in [0, 0.05) is 6.54 Å². The highest BCUT2D eigenvalue weighted by Crippen LogP contribution is 2.36. The maximum atomic E-state index is 9.86. The van der Waals surface area contributed by atoms with Crippen LogP contribution in [-0.4, -0.2) is 43.4 Å². The predicted octanol–water partition coefficient (Wildman–Crippen LogP) is 7.02. The van der Waals surface area contributed by atoms with E-state index in [1.807, 2.05) is 24.3 Å². The fourth-order valence-corrected chi connectivity index (χ4v) is 4.83. The van der Waals surface area contributed by atoms with E-state index in [4.69, 9.17) is 9.47 Å². The molecule has 1 aliphatic rings. The SMILES string of the molecule is CC/C(=C(/c1ccc(O)cc1)c1ccc(OCCN2CCCCCC2)cc1)c1ccc(OC)cc1. The van der Waals surface area contributed by atoms with Crippen LogP contribution in [0, 0.1) is 0 Å². The number of allylic oxidation sites excluding steroid dienone is 1. The number of methoxy groups -OCH3 is 1. The monoisotopic (exact) mass is 471 g/mol. The second-order valence-electron chi connectivity index (χ2n) is 9.11. The average Bonchev–Trinajstić information content (AvgIpc) is 3.18. The lowest BCUT2D eigenvalue weighted by molar-refractivity contribution is 0.214. The number of benzene rings is 3. The lowest BCUT2D eigenvalue weighted by atomic mass is 9.88. The molecule has 4 heteroatoms. The Morgan fingerprint density at radius 3 is 1.86 bits per heavy atom. The minimum atomic E-state index is 0.267. The standard InChI is InChI=1S/C31H37NO3/c1-3-30(24-10-16-28(34-2)17-11-24)31(25-8-14-27(33)15-9-25)26-12-18-29(19-13-26)35-23-22-32-20-6-4-5-7-21-32/h8-19,33H,3-7,20-23H2,1-2H3/b31-30+. The molecule has 0 aliphatic carbocycles. The number of hydrogen-bond donors (Lipinski definition) is 1. The van der Waals surface area contributed by atoms with E-state index < -0.39 is 0 Å². The molecule has 0 bridgehead atoms. The van der Waals surface area contributed by atoms with E-state index in [1.165, 1.54) is 44.3 Å². The van der Waals surface area contributed by atoms with Gasteiger partial charge < -0.3 is 14.6 Å². The number of aromatic hydroxyl groups is 1. The maximum absolute atomic E-state index is 9.86. The van der Waals surface area contributed by atoms with Gasteiger partial charge in [-0.05, 0) is 96.6 Å². The lowest BCUT2D eigenvalue weighted by Gasteiger charge is -2.20. The van der Waals surface area contributed by atoms with Crippen LogP contribution in [0.25, 0.3) is 11.1 Å². The summed E-state index contributed by atoms with van der Waals surface area (Å²) in [5.74, 6) is 2.01. The van der Waals surface area contributed by atoms with Crippen LogP contribution in [-0.2, 0) is 0 Å². The van der Waals surface area contributed by atoms with Crippen molar-refractivity contribution in [1.82, 2.24) is 4.90 Å². The lowest BCUT2D eigenvalue weighted by Crippen LogP contribution is -2.29. The van der Waals surface area contributed by atoms with Gasteiger partial charge in [-0.1, -0.05) is 56.2 Å². The number of phenols is 1. The number of hydrogen-bond acceptors (Lipinski definition) is 4. The number of likely N-dealkylation sites (tertiary alicyclic amines) is 1. The van der Waals surface area contributed by atoms with Crippen molar-refractivity contribution in [2.45, 2.75) is 39.0 Å². The van der Waals surface area contributed by atoms with Crippen molar-refractivity contribution < 1.29 is 14.6 Å². The van der Waals surface area contributed by atoms with E-state index in [0.717, 1.165) is 46.7 Å². The molecular weight excluding hydrogens is 434 g/mol. The van der Waals surface area contributed by atoms with Gasteiger partial charge in [-0.2, -0.15) is 0 Å². The second kappa shape index (κ2) is 12.5. The van der Waals surface area contributed by atoms with Gasteiger partial charge in [-0.25, -0.2) is 0 Å². The van der Waals surface area contributed by atoms with Crippen LogP contribution in [0.1, 0.15) is 55.7 Å². The van der Waals surface area contributed by atoms with E-state index >= 15 is 0 Å². The molecule has 184 valence electrons. The van der Waals surface area contributed by atoms with Crippen molar-refractivity contribution in [3.05, 3.63) is 89.5 Å². The Morgan fingerprint density at radius 1 is 0.743 bits per heavy atom. The minimum Gasteiger partial charge on any atom is -0.508 e. The normalized spacial score (nSPS) is 15.3. The van der Waals surface area contributed by atoms with Gasteiger partial charge >= 0.3 is 0 Å². The highest BCUT2D eigenvalue weighted by Gasteiger charge is 2.14. The van der Waals surface area contributed by atoms with Crippen molar-refractivity contribution in [3.8, 4) is 17.2 Å². The summed E-state index contributed by atoms with van der Waals surface area (Å²) in [5.41, 5.74) is 5.77. The van der Waals surface area contributed by atoms with Crippen LogP contribution >= 0.6 is 0 Å². The highest BCUT2D eigenvalue weighted by molar-refractivity contribution is 5.98. The molecule has 35 heavy (non-hydrogen) atoms. The predicted molar refractivity (Wildman–Crippen MR) is 144 cm³/mol. The van der Waals surface area contributed by atoms with Gasteiger partial charge in [0.15, 0.2) is 0 Å². The first-order valence-electron chi connectivity index (χ1n) is 12.8. The zero-order chi connectivity index (χ0) is 24.5. The van der Waals surface area contributed by atoms with E-state index in [-0.39, 0.29) is 5.75 Å². The third kappa shape index (κ3) is 6.67. The Kier molecular flexibility index (Phi) is 8.85. The maximum Gasteiger partial charge on any atom is 0.119 e. The Morgan fingerprint density at radius 2 is 1.29 bits per heavy atom. The van der Waals surface area contributed by atoms with E-state index in [2.05, 4.69) is 48.2 Å². The van der Waals surface area contributed by atoms with Crippen LogP contribution in [0.2, 0.25) is 0 Å². The zero-order valence-corrected chi connectivity index (χ0v) is 21.0. The smallest absolute Gasteiger partial charge is 0.119 e. The number of rotatable bonds is 9. The Balaban J connectivity index is 1.58. The molecule has 1 fully saturated rings. The van der Waals surface area contributed by atoms with Gasteiger partial charge in [0.25, 0.3) is 0 Å². The van der Waals surface area contributed by atoms with Crippen molar-refractivity contribution in [3.63, 3.8) is 0 Å². The number of phenolic OH excluding ortho intramolecular Hbond substituents is 1. The summed E-state index contributed by atoms with van der Waals surface area (Å²) < 4.78 is 11.5. The molecule has 0 unspecified atom stereocenters. The largest absolute Gasteiger partial charge is 0.508 e. The summed E-state index contributed by atoms with van der Waals surface area (Å²) in [4.78, 5) is 2.52. The molecule has 3 aromatic carbocycles. The summed E-state index contributed by atoms with van der Waals surface area (Å²) in [5, 5.41) is 9.86. The molecule has 0 radical (unpaired) electrons. The minimum absolute atomic E-state index is 0.267. The molecule has 0 aromatic heterocycles. The first-order valence-corrected chi connectivity index (χ1v) is 12.8.